The number of allylic oxidation sites excluding steroid dienone is 1. The summed E-state index contributed by atoms with van der Waals surface area (Å²) in [4.78, 5) is 23.5. The number of carbonyl (C=O) groups is 1. The zero-order valence-corrected chi connectivity index (χ0v) is 18.7. The van der Waals surface area contributed by atoms with E-state index in [1.807, 2.05) is 75.3 Å². The van der Waals surface area contributed by atoms with Crippen molar-refractivity contribution in [3.8, 4) is 0 Å². The standard InChI is InChI=1S/C25H27N5O2/c1-16-10-11-19(28-24(31)18-7-5-8-20(13-18)30(3)4)14-22(16)29-25-27-15-23(32-25)21-9-6-12-26-17(21)2/h5-15,17,21H,1-4H3,(H,27,29)(H,28,31). The summed E-state index contributed by atoms with van der Waals surface area (Å²) in [6, 6.07) is 13.7. The third kappa shape index (κ3) is 4.72. The number of rotatable bonds is 6. The van der Waals surface area contributed by atoms with Crippen LogP contribution in [0.4, 0.5) is 23.1 Å². The zero-order chi connectivity index (χ0) is 22.7. The van der Waals surface area contributed by atoms with Gasteiger partial charge < -0.3 is 20.0 Å². The van der Waals surface area contributed by atoms with Crippen molar-refractivity contribution in [3.63, 3.8) is 0 Å². The van der Waals surface area contributed by atoms with Crippen molar-refractivity contribution in [2.75, 3.05) is 29.6 Å². The van der Waals surface area contributed by atoms with E-state index in [-0.39, 0.29) is 17.9 Å². The number of aryl methyl sites for hydroxylation is 1. The molecular formula is C25H27N5O2. The number of anilines is 4. The molecule has 2 aromatic carbocycles. The Morgan fingerprint density at radius 3 is 2.78 bits per heavy atom. The van der Waals surface area contributed by atoms with E-state index in [4.69, 9.17) is 4.42 Å². The molecule has 0 saturated heterocycles. The van der Waals surface area contributed by atoms with Gasteiger partial charge in [-0.3, -0.25) is 9.79 Å². The van der Waals surface area contributed by atoms with Crippen LogP contribution in [0.25, 0.3) is 0 Å². The average Bonchev–Trinajstić information content (AvgIpc) is 3.24. The summed E-state index contributed by atoms with van der Waals surface area (Å²) in [6.45, 7) is 4.03. The lowest BCUT2D eigenvalue weighted by molar-refractivity contribution is 0.102. The number of aliphatic imine (C=N–C) groups is 1. The molecule has 0 bridgehead atoms. The van der Waals surface area contributed by atoms with Crippen LogP contribution in [0.3, 0.4) is 0 Å². The summed E-state index contributed by atoms with van der Waals surface area (Å²) in [6.07, 6.45) is 7.52. The van der Waals surface area contributed by atoms with Crippen LogP contribution in [0.15, 0.2) is 70.2 Å². The summed E-state index contributed by atoms with van der Waals surface area (Å²) in [5.41, 5.74) is 4.07. The molecule has 1 amide bonds. The molecule has 2 atom stereocenters. The van der Waals surface area contributed by atoms with E-state index in [9.17, 15) is 4.79 Å². The second-order valence-corrected chi connectivity index (χ2v) is 8.07. The van der Waals surface area contributed by atoms with E-state index in [1.165, 1.54) is 0 Å². The zero-order valence-electron chi connectivity index (χ0n) is 18.7. The van der Waals surface area contributed by atoms with E-state index in [2.05, 4.69) is 26.7 Å². The molecule has 0 saturated carbocycles. The Morgan fingerprint density at radius 2 is 2.00 bits per heavy atom. The SMILES string of the molecule is Cc1ccc(NC(=O)c2cccc(N(C)C)c2)cc1Nc1ncc(C2C=CC=NC2C)o1. The van der Waals surface area contributed by atoms with Crippen LogP contribution in [0.5, 0.6) is 0 Å². The van der Waals surface area contributed by atoms with Gasteiger partial charge in [-0.05, 0) is 55.8 Å². The maximum absolute atomic E-state index is 12.8. The normalized spacial score (nSPS) is 17.2. The molecule has 0 fully saturated rings. The Bertz CT molecular complexity index is 1180. The van der Waals surface area contributed by atoms with Crippen molar-refractivity contribution < 1.29 is 9.21 Å². The second kappa shape index (κ2) is 9.09. The van der Waals surface area contributed by atoms with Crippen LogP contribution < -0.4 is 15.5 Å². The molecule has 7 heteroatoms. The number of amides is 1. The minimum atomic E-state index is -0.166. The van der Waals surface area contributed by atoms with E-state index < -0.39 is 0 Å². The molecule has 0 radical (unpaired) electrons. The lowest BCUT2D eigenvalue weighted by Gasteiger charge is -2.16. The van der Waals surface area contributed by atoms with Crippen molar-refractivity contribution in [3.05, 3.63) is 77.7 Å². The number of hydrogen-bond donors (Lipinski definition) is 2. The van der Waals surface area contributed by atoms with Gasteiger partial charge in [-0.15, -0.1) is 0 Å². The lowest BCUT2D eigenvalue weighted by atomic mass is 9.97. The number of carbonyl (C=O) groups excluding carboxylic acids is 1. The molecule has 7 nitrogen and oxygen atoms in total. The van der Waals surface area contributed by atoms with Crippen LogP contribution in [0, 0.1) is 6.92 Å². The molecule has 1 aromatic heterocycles. The molecule has 3 aromatic rings. The predicted octanol–water partition coefficient (Wildman–Crippen LogP) is 5.16. The summed E-state index contributed by atoms with van der Waals surface area (Å²) in [5, 5.41) is 6.19. The van der Waals surface area contributed by atoms with Gasteiger partial charge in [-0.2, -0.15) is 0 Å². The number of dihydropyridines is 1. The molecule has 164 valence electrons. The van der Waals surface area contributed by atoms with Gasteiger partial charge in [-0.25, -0.2) is 4.98 Å². The van der Waals surface area contributed by atoms with Crippen molar-refractivity contribution in [2.24, 2.45) is 4.99 Å². The lowest BCUT2D eigenvalue weighted by Crippen LogP contribution is -2.14. The molecule has 1 aliphatic rings. The number of benzene rings is 2. The highest BCUT2D eigenvalue weighted by molar-refractivity contribution is 6.05. The average molecular weight is 430 g/mol. The Morgan fingerprint density at radius 1 is 1.16 bits per heavy atom. The number of oxazole rings is 1. The molecule has 0 spiro atoms. The fourth-order valence-electron chi connectivity index (χ4n) is 3.52. The topological polar surface area (TPSA) is 82.8 Å². The number of hydrogen-bond acceptors (Lipinski definition) is 6. The van der Waals surface area contributed by atoms with Crippen LogP contribution in [0.2, 0.25) is 0 Å². The summed E-state index contributed by atoms with van der Waals surface area (Å²) >= 11 is 0. The first-order chi connectivity index (χ1) is 15.4. The highest BCUT2D eigenvalue weighted by atomic mass is 16.4. The second-order valence-electron chi connectivity index (χ2n) is 8.07. The van der Waals surface area contributed by atoms with Gasteiger partial charge in [0.2, 0.25) is 0 Å². The van der Waals surface area contributed by atoms with Gasteiger partial charge in [0.25, 0.3) is 11.9 Å². The Hall–Kier alpha value is -3.87. The summed E-state index contributed by atoms with van der Waals surface area (Å²) in [5.74, 6) is 0.657. The molecule has 2 N–H and O–H groups in total. The van der Waals surface area contributed by atoms with Gasteiger partial charge in [-0.1, -0.05) is 18.2 Å². The number of nitrogens with zero attached hydrogens (tertiary/aromatic N) is 3. The van der Waals surface area contributed by atoms with Crippen molar-refractivity contribution in [2.45, 2.75) is 25.8 Å². The van der Waals surface area contributed by atoms with Gasteiger partial charge in [0, 0.05) is 42.9 Å². The van der Waals surface area contributed by atoms with Crippen molar-refractivity contribution >= 4 is 35.2 Å². The van der Waals surface area contributed by atoms with E-state index in [0.717, 1.165) is 22.7 Å². The third-order valence-electron chi connectivity index (χ3n) is 5.46. The summed E-state index contributed by atoms with van der Waals surface area (Å²) < 4.78 is 5.94. The fourth-order valence-corrected chi connectivity index (χ4v) is 3.52. The molecule has 1 aliphatic heterocycles. The minimum absolute atomic E-state index is 0.0627. The maximum Gasteiger partial charge on any atom is 0.299 e. The molecular weight excluding hydrogens is 402 g/mol. The monoisotopic (exact) mass is 429 g/mol. The Kier molecular flexibility index (Phi) is 6.07. The highest BCUT2D eigenvalue weighted by Crippen LogP contribution is 2.30. The molecule has 4 rings (SSSR count). The first kappa shape index (κ1) is 21.4. The van der Waals surface area contributed by atoms with Crippen molar-refractivity contribution in [1.29, 1.82) is 0 Å². The van der Waals surface area contributed by atoms with E-state index in [0.29, 0.717) is 17.3 Å². The van der Waals surface area contributed by atoms with E-state index >= 15 is 0 Å². The first-order valence-electron chi connectivity index (χ1n) is 10.5. The smallest absolute Gasteiger partial charge is 0.299 e. The fraction of sp³-hybridized carbons (Fsp3) is 0.240. The maximum atomic E-state index is 12.8. The largest absolute Gasteiger partial charge is 0.428 e. The number of nitrogens with one attached hydrogen (secondary N) is 2. The Balaban J connectivity index is 1.49. The van der Waals surface area contributed by atoms with Gasteiger partial charge in [0.15, 0.2) is 0 Å². The molecule has 2 heterocycles. The van der Waals surface area contributed by atoms with Crippen molar-refractivity contribution in [1.82, 2.24) is 4.98 Å². The van der Waals surface area contributed by atoms with E-state index in [1.54, 1.807) is 18.5 Å². The number of aromatic nitrogens is 1. The molecule has 2 unspecified atom stereocenters. The van der Waals surface area contributed by atoms with Crippen LogP contribution in [-0.4, -0.2) is 37.2 Å². The Labute approximate surface area is 187 Å². The highest BCUT2D eigenvalue weighted by Gasteiger charge is 2.22. The van der Waals surface area contributed by atoms with Gasteiger partial charge >= 0.3 is 0 Å². The summed E-state index contributed by atoms with van der Waals surface area (Å²) in [7, 11) is 3.89. The third-order valence-corrected chi connectivity index (χ3v) is 5.46. The van der Waals surface area contributed by atoms with Crippen LogP contribution >= 0.6 is 0 Å². The quantitative estimate of drug-likeness (QED) is 0.566. The minimum Gasteiger partial charge on any atom is -0.428 e. The molecule has 32 heavy (non-hydrogen) atoms. The first-order valence-corrected chi connectivity index (χ1v) is 10.5. The van der Waals surface area contributed by atoms with Crippen LogP contribution in [-0.2, 0) is 0 Å². The predicted molar refractivity (Wildman–Crippen MR) is 130 cm³/mol. The van der Waals surface area contributed by atoms with Crippen LogP contribution in [0.1, 0.15) is 34.5 Å². The van der Waals surface area contributed by atoms with Gasteiger partial charge in [0.1, 0.15) is 5.76 Å². The van der Waals surface area contributed by atoms with Gasteiger partial charge in [0.05, 0.1) is 18.2 Å². The molecule has 0 aliphatic carbocycles.